The van der Waals surface area contributed by atoms with Crippen molar-refractivity contribution in [3.05, 3.63) is 35.9 Å². The van der Waals surface area contributed by atoms with Gasteiger partial charge in [-0.1, -0.05) is 30.3 Å². The number of Topliss-reactive ketones (excluding diaryl/α,β-unsaturated/α-hetero) is 1. The topological polar surface area (TPSA) is 20.3 Å². The average molecular weight is 215 g/mol. The molecule has 1 heterocycles. The summed E-state index contributed by atoms with van der Waals surface area (Å²) in [5.74, 6) is 1.09. The summed E-state index contributed by atoms with van der Waals surface area (Å²) < 4.78 is 0. The Kier molecular flexibility index (Phi) is 2.32. The number of carbonyl (C=O) groups excluding carboxylic acids is 1. The number of nitrogens with zero attached hydrogens (tertiary/aromatic N) is 1. The SMILES string of the molecule is C[C@@H](c1ccccc1)N1C[C@@H]2CC(=O)[C@H]1C2. The van der Waals surface area contributed by atoms with E-state index in [2.05, 4.69) is 36.1 Å². The van der Waals surface area contributed by atoms with Crippen LogP contribution < -0.4 is 0 Å². The molecule has 0 radical (unpaired) electrons. The fourth-order valence-corrected chi connectivity index (χ4v) is 3.19. The van der Waals surface area contributed by atoms with Crippen molar-refractivity contribution >= 4 is 5.78 Å². The highest BCUT2D eigenvalue weighted by Crippen LogP contribution is 2.39. The molecule has 0 spiro atoms. The Bertz CT molecular complexity index is 400. The monoisotopic (exact) mass is 215 g/mol. The molecule has 0 aromatic heterocycles. The number of hydrogen-bond donors (Lipinski definition) is 0. The Morgan fingerprint density at radius 2 is 2.06 bits per heavy atom. The fourth-order valence-electron chi connectivity index (χ4n) is 3.19. The van der Waals surface area contributed by atoms with Gasteiger partial charge in [0, 0.05) is 19.0 Å². The predicted molar refractivity (Wildman–Crippen MR) is 63.1 cm³/mol. The van der Waals surface area contributed by atoms with Gasteiger partial charge in [-0.2, -0.15) is 0 Å². The normalized spacial score (nSPS) is 30.9. The van der Waals surface area contributed by atoms with E-state index in [1.54, 1.807) is 0 Å². The molecule has 2 nitrogen and oxygen atoms in total. The van der Waals surface area contributed by atoms with Crippen LogP contribution in [-0.4, -0.2) is 23.3 Å². The molecule has 16 heavy (non-hydrogen) atoms. The first-order chi connectivity index (χ1) is 7.75. The molecule has 3 atom stereocenters. The molecule has 2 heteroatoms. The summed E-state index contributed by atoms with van der Waals surface area (Å²) in [6, 6.07) is 11.1. The number of hydrogen-bond acceptors (Lipinski definition) is 2. The molecule has 3 rings (SSSR count). The minimum Gasteiger partial charge on any atom is -0.298 e. The highest BCUT2D eigenvalue weighted by atomic mass is 16.1. The molecular weight excluding hydrogens is 198 g/mol. The Balaban J connectivity index is 1.82. The number of piperidine rings is 1. The van der Waals surface area contributed by atoms with Crippen LogP contribution in [0.4, 0.5) is 0 Å². The summed E-state index contributed by atoms with van der Waals surface area (Å²) in [4.78, 5) is 14.1. The molecular formula is C14H17NO. The lowest BCUT2D eigenvalue weighted by atomic mass is 10.0. The summed E-state index contributed by atoms with van der Waals surface area (Å²) >= 11 is 0. The Labute approximate surface area is 96.3 Å². The van der Waals surface area contributed by atoms with E-state index >= 15 is 0 Å². The molecule has 0 unspecified atom stereocenters. The van der Waals surface area contributed by atoms with E-state index in [9.17, 15) is 4.79 Å². The second-order valence-corrected chi connectivity index (χ2v) is 5.07. The zero-order valence-corrected chi connectivity index (χ0v) is 9.60. The van der Waals surface area contributed by atoms with Crippen molar-refractivity contribution in [2.75, 3.05) is 6.54 Å². The lowest BCUT2D eigenvalue weighted by Gasteiger charge is -2.32. The number of benzene rings is 1. The lowest BCUT2D eigenvalue weighted by molar-refractivity contribution is -0.124. The number of carbonyl (C=O) groups is 1. The van der Waals surface area contributed by atoms with Crippen LogP contribution in [-0.2, 0) is 4.79 Å². The van der Waals surface area contributed by atoms with Gasteiger partial charge in [-0.25, -0.2) is 0 Å². The quantitative estimate of drug-likeness (QED) is 0.755. The number of fused-ring (bicyclic) bond motifs is 2. The average Bonchev–Trinajstić information content (AvgIpc) is 2.88. The maximum atomic E-state index is 11.7. The van der Waals surface area contributed by atoms with E-state index in [1.165, 1.54) is 5.56 Å². The molecule has 1 aliphatic carbocycles. The van der Waals surface area contributed by atoms with E-state index in [0.717, 1.165) is 19.4 Å². The van der Waals surface area contributed by atoms with Crippen LogP contribution in [0.5, 0.6) is 0 Å². The molecule has 84 valence electrons. The maximum absolute atomic E-state index is 11.7. The summed E-state index contributed by atoms with van der Waals surface area (Å²) in [5.41, 5.74) is 1.32. The number of ketones is 1. The molecule has 1 aromatic rings. The predicted octanol–water partition coefficient (Wildman–Crippen LogP) is 2.41. The minimum atomic E-state index is 0.209. The lowest BCUT2D eigenvalue weighted by Crippen LogP contribution is -2.39. The molecule has 0 amide bonds. The van der Waals surface area contributed by atoms with Gasteiger partial charge in [0.15, 0.2) is 0 Å². The number of rotatable bonds is 2. The van der Waals surface area contributed by atoms with Crippen molar-refractivity contribution in [2.45, 2.75) is 31.8 Å². The Morgan fingerprint density at radius 1 is 1.31 bits per heavy atom. The van der Waals surface area contributed by atoms with Gasteiger partial charge in [-0.05, 0) is 24.8 Å². The molecule has 1 aliphatic heterocycles. The molecule has 1 saturated heterocycles. The van der Waals surface area contributed by atoms with Crippen LogP contribution in [0, 0.1) is 5.92 Å². The fraction of sp³-hybridized carbons (Fsp3) is 0.500. The van der Waals surface area contributed by atoms with E-state index in [0.29, 0.717) is 17.7 Å². The molecule has 1 saturated carbocycles. The standard InChI is InChI=1S/C14H17NO/c1-10(12-5-3-2-4-6-12)15-9-11-7-13(15)14(16)8-11/h2-6,10-11,13H,7-9H2,1H3/t10-,11-,13+/m0/s1. The van der Waals surface area contributed by atoms with Crippen molar-refractivity contribution < 1.29 is 4.79 Å². The first-order valence-electron chi connectivity index (χ1n) is 6.09. The third-order valence-electron chi connectivity index (χ3n) is 4.07. The highest BCUT2D eigenvalue weighted by molar-refractivity contribution is 5.87. The van der Waals surface area contributed by atoms with Gasteiger partial charge in [-0.15, -0.1) is 0 Å². The zero-order chi connectivity index (χ0) is 11.1. The van der Waals surface area contributed by atoms with Crippen LogP contribution >= 0.6 is 0 Å². The molecule has 2 aliphatic rings. The van der Waals surface area contributed by atoms with Crippen molar-refractivity contribution in [1.82, 2.24) is 4.90 Å². The van der Waals surface area contributed by atoms with E-state index in [-0.39, 0.29) is 6.04 Å². The summed E-state index contributed by atoms with van der Waals surface area (Å²) in [5, 5.41) is 0. The first kappa shape index (κ1) is 10.0. The van der Waals surface area contributed by atoms with Crippen LogP contribution in [0.2, 0.25) is 0 Å². The summed E-state index contributed by atoms with van der Waals surface area (Å²) in [6.45, 7) is 3.32. The molecule has 0 N–H and O–H groups in total. The zero-order valence-electron chi connectivity index (χ0n) is 9.60. The summed E-state index contributed by atoms with van der Waals surface area (Å²) in [7, 11) is 0. The van der Waals surface area contributed by atoms with Crippen LogP contribution in [0.15, 0.2) is 30.3 Å². The molecule has 2 fully saturated rings. The third kappa shape index (κ3) is 1.49. The third-order valence-corrected chi connectivity index (χ3v) is 4.07. The van der Waals surface area contributed by atoms with Crippen LogP contribution in [0.3, 0.4) is 0 Å². The second kappa shape index (κ2) is 3.70. The van der Waals surface area contributed by atoms with Gasteiger partial charge >= 0.3 is 0 Å². The molecule has 1 aromatic carbocycles. The first-order valence-corrected chi connectivity index (χ1v) is 6.09. The van der Waals surface area contributed by atoms with Crippen molar-refractivity contribution in [2.24, 2.45) is 5.92 Å². The van der Waals surface area contributed by atoms with E-state index < -0.39 is 0 Å². The van der Waals surface area contributed by atoms with Gasteiger partial charge in [0.05, 0.1) is 6.04 Å². The van der Waals surface area contributed by atoms with Gasteiger partial charge < -0.3 is 0 Å². The van der Waals surface area contributed by atoms with Gasteiger partial charge in [-0.3, -0.25) is 9.69 Å². The van der Waals surface area contributed by atoms with E-state index in [4.69, 9.17) is 0 Å². The van der Waals surface area contributed by atoms with Crippen LogP contribution in [0.1, 0.15) is 31.4 Å². The van der Waals surface area contributed by atoms with E-state index in [1.807, 2.05) is 6.07 Å². The van der Waals surface area contributed by atoms with Crippen molar-refractivity contribution in [1.29, 1.82) is 0 Å². The van der Waals surface area contributed by atoms with Crippen molar-refractivity contribution in [3.63, 3.8) is 0 Å². The Morgan fingerprint density at radius 3 is 2.69 bits per heavy atom. The summed E-state index contributed by atoms with van der Waals surface area (Å²) in [6.07, 6.45) is 1.92. The Hall–Kier alpha value is -1.15. The largest absolute Gasteiger partial charge is 0.298 e. The van der Waals surface area contributed by atoms with Gasteiger partial charge in [0.1, 0.15) is 5.78 Å². The van der Waals surface area contributed by atoms with Crippen molar-refractivity contribution in [3.8, 4) is 0 Å². The second-order valence-electron chi connectivity index (χ2n) is 5.07. The van der Waals surface area contributed by atoms with Crippen LogP contribution in [0.25, 0.3) is 0 Å². The van der Waals surface area contributed by atoms with Gasteiger partial charge in [0.2, 0.25) is 0 Å². The number of likely N-dealkylation sites (tertiary alicyclic amines) is 1. The minimum absolute atomic E-state index is 0.209. The molecule has 2 bridgehead atoms. The maximum Gasteiger partial charge on any atom is 0.150 e. The highest BCUT2D eigenvalue weighted by Gasteiger charge is 2.45. The van der Waals surface area contributed by atoms with Gasteiger partial charge in [0.25, 0.3) is 0 Å². The smallest absolute Gasteiger partial charge is 0.150 e.